The molecule has 0 saturated carbocycles. The number of rotatable bonds is 8. The predicted molar refractivity (Wildman–Crippen MR) is 122 cm³/mol. The van der Waals surface area contributed by atoms with Gasteiger partial charge >= 0.3 is 6.03 Å². The van der Waals surface area contributed by atoms with Gasteiger partial charge < -0.3 is 19.9 Å². The molecule has 4 rings (SSSR count). The van der Waals surface area contributed by atoms with Crippen molar-refractivity contribution in [3.05, 3.63) is 60.3 Å². The molecule has 1 unspecified atom stereocenters. The lowest BCUT2D eigenvalue weighted by Gasteiger charge is -2.13. The normalized spacial score (nSPS) is 15.8. The topological polar surface area (TPSA) is 92.7 Å². The molecule has 0 bridgehead atoms. The van der Waals surface area contributed by atoms with Crippen LogP contribution in [-0.2, 0) is 23.1 Å². The van der Waals surface area contributed by atoms with Gasteiger partial charge in [-0.15, -0.1) is 0 Å². The van der Waals surface area contributed by atoms with Crippen LogP contribution in [0.25, 0.3) is 10.9 Å². The third-order valence-electron chi connectivity index (χ3n) is 5.72. The molecular formula is C24H26N4O4. The van der Waals surface area contributed by atoms with Crippen molar-refractivity contribution in [3.8, 4) is 5.75 Å². The maximum atomic E-state index is 12.6. The van der Waals surface area contributed by atoms with Crippen LogP contribution in [0.15, 0.2) is 54.7 Å². The summed E-state index contributed by atoms with van der Waals surface area (Å²) in [5, 5.41) is 6.59. The first kappa shape index (κ1) is 21.4. The van der Waals surface area contributed by atoms with Crippen LogP contribution in [0, 0.1) is 0 Å². The monoisotopic (exact) mass is 434 g/mol. The Hall–Kier alpha value is -3.81. The van der Waals surface area contributed by atoms with E-state index in [1.54, 1.807) is 7.11 Å². The van der Waals surface area contributed by atoms with E-state index >= 15 is 0 Å². The quantitative estimate of drug-likeness (QED) is 0.533. The summed E-state index contributed by atoms with van der Waals surface area (Å²) in [6.07, 6.45) is 2.90. The Morgan fingerprint density at radius 3 is 2.66 bits per heavy atom. The Labute approximate surface area is 186 Å². The molecule has 4 amide bonds. The van der Waals surface area contributed by atoms with Crippen LogP contribution in [0.4, 0.5) is 10.5 Å². The number of hydrogen-bond donors (Lipinski definition) is 2. The minimum Gasteiger partial charge on any atom is -0.497 e. The zero-order chi connectivity index (χ0) is 22.7. The number of ether oxygens (including phenoxy) is 1. The van der Waals surface area contributed by atoms with E-state index in [1.807, 2.05) is 66.3 Å². The van der Waals surface area contributed by atoms with Crippen LogP contribution in [-0.4, -0.2) is 47.0 Å². The van der Waals surface area contributed by atoms with Gasteiger partial charge in [0, 0.05) is 42.8 Å². The molecule has 1 saturated heterocycles. The summed E-state index contributed by atoms with van der Waals surface area (Å²) in [5.41, 5.74) is 2.79. The molecule has 2 N–H and O–H groups in total. The number of methoxy groups -OCH3 is 1. The fourth-order valence-corrected chi connectivity index (χ4v) is 3.88. The van der Waals surface area contributed by atoms with Gasteiger partial charge in [0.2, 0.25) is 5.91 Å². The molecule has 1 fully saturated rings. The fourth-order valence-electron chi connectivity index (χ4n) is 3.88. The van der Waals surface area contributed by atoms with Crippen molar-refractivity contribution in [2.75, 3.05) is 19.0 Å². The van der Waals surface area contributed by atoms with E-state index in [0.29, 0.717) is 12.1 Å². The molecule has 0 spiro atoms. The largest absolute Gasteiger partial charge is 0.497 e. The van der Waals surface area contributed by atoms with Crippen LogP contribution >= 0.6 is 0 Å². The van der Waals surface area contributed by atoms with Crippen molar-refractivity contribution in [1.29, 1.82) is 0 Å². The molecule has 32 heavy (non-hydrogen) atoms. The van der Waals surface area contributed by atoms with Gasteiger partial charge in [0.25, 0.3) is 5.91 Å². The van der Waals surface area contributed by atoms with Crippen molar-refractivity contribution in [3.63, 3.8) is 0 Å². The van der Waals surface area contributed by atoms with E-state index < -0.39 is 12.1 Å². The summed E-state index contributed by atoms with van der Waals surface area (Å²) in [5.74, 6) is 0.270. The lowest BCUT2D eigenvalue weighted by Crippen LogP contribution is -2.33. The van der Waals surface area contributed by atoms with Gasteiger partial charge in [-0.05, 0) is 54.8 Å². The van der Waals surface area contributed by atoms with Gasteiger partial charge in [-0.2, -0.15) is 0 Å². The molecule has 1 aliphatic rings. The van der Waals surface area contributed by atoms with E-state index in [0.717, 1.165) is 22.2 Å². The number of benzene rings is 2. The predicted octanol–water partition coefficient (Wildman–Crippen LogP) is 3.07. The van der Waals surface area contributed by atoms with Crippen LogP contribution in [0.1, 0.15) is 18.4 Å². The van der Waals surface area contributed by atoms with Gasteiger partial charge in [-0.25, -0.2) is 4.79 Å². The smallest absolute Gasteiger partial charge is 0.324 e. The molecule has 0 aliphatic carbocycles. The van der Waals surface area contributed by atoms with Gasteiger partial charge in [0.15, 0.2) is 0 Å². The van der Waals surface area contributed by atoms with Crippen LogP contribution in [0.3, 0.4) is 0 Å². The van der Waals surface area contributed by atoms with E-state index in [2.05, 4.69) is 10.6 Å². The van der Waals surface area contributed by atoms with E-state index in [9.17, 15) is 14.4 Å². The van der Waals surface area contributed by atoms with Gasteiger partial charge in [-0.1, -0.05) is 12.1 Å². The van der Waals surface area contributed by atoms with Crippen molar-refractivity contribution < 1.29 is 19.1 Å². The summed E-state index contributed by atoms with van der Waals surface area (Å²) >= 11 is 0. The van der Waals surface area contributed by atoms with E-state index in [-0.39, 0.29) is 31.2 Å². The molecular weight excluding hydrogens is 408 g/mol. The Morgan fingerprint density at radius 1 is 1.12 bits per heavy atom. The van der Waals surface area contributed by atoms with E-state index in [4.69, 9.17) is 4.74 Å². The Kier molecular flexibility index (Phi) is 6.11. The first-order valence-electron chi connectivity index (χ1n) is 10.5. The summed E-state index contributed by atoms with van der Waals surface area (Å²) in [6.45, 7) is 0.288. The molecule has 2 heterocycles. The highest BCUT2D eigenvalue weighted by Gasteiger charge is 2.37. The highest BCUT2D eigenvalue weighted by Crippen LogP contribution is 2.20. The zero-order valence-corrected chi connectivity index (χ0v) is 18.1. The molecule has 1 aliphatic heterocycles. The van der Waals surface area contributed by atoms with Gasteiger partial charge in [0.1, 0.15) is 11.8 Å². The van der Waals surface area contributed by atoms with Gasteiger partial charge in [0.05, 0.1) is 7.11 Å². The second-order valence-corrected chi connectivity index (χ2v) is 7.88. The standard InChI is InChI=1S/C24H26N4O4/c1-27-13-12-17-15-18(5-9-21(17)27)25-22(29)10-8-20-23(30)28(24(31)26-20)14-11-16-3-6-19(32-2)7-4-16/h3-7,9,12-13,15,20H,8,10-11,14H2,1-2H3,(H,25,29)(H,26,31). The van der Waals surface area contributed by atoms with Crippen molar-refractivity contribution in [2.45, 2.75) is 25.3 Å². The highest BCUT2D eigenvalue weighted by molar-refractivity contribution is 6.04. The number of imide groups is 1. The first-order valence-corrected chi connectivity index (χ1v) is 10.5. The van der Waals surface area contributed by atoms with Gasteiger partial charge in [-0.3, -0.25) is 14.5 Å². The lowest BCUT2D eigenvalue weighted by atomic mass is 10.1. The molecule has 166 valence electrons. The average Bonchev–Trinajstić information content (AvgIpc) is 3.29. The maximum Gasteiger partial charge on any atom is 0.324 e. The number of aromatic nitrogens is 1. The minimum atomic E-state index is -0.680. The maximum absolute atomic E-state index is 12.6. The second kappa shape index (κ2) is 9.13. The number of nitrogens with one attached hydrogen (secondary N) is 2. The molecule has 1 atom stereocenters. The number of carbonyl (C=O) groups is 3. The summed E-state index contributed by atoms with van der Waals surface area (Å²) in [4.78, 5) is 38.5. The number of aryl methyl sites for hydroxylation is 1. The molecule has 2 aromatic carbocycles. The number of anilines is 1. The third-order valence-corrected chi connectivity index (χ3v) is 5.72. The number of hydrogen-bond acceptors (Lipinski definition) is 4. The van der Waals surface area contributed by atoms with Crippen molar-refractivity contribution in [1.82, 2.24) is 14.8 Å². The molecule has 8 nitrogen and oxygen atoms in total. The Morgan fingerprint density at radius 2 is 1.91 bits per heavy atom. The molecule has 3 aromatic rings. The number of urea groups is 1. The highest BCUT2D eigenvalue weighted by atomic mass is 16.5. The molecule has 1 aromatic heterocycles. The zero-order valence-electron chi connectivity index (χ0n) is 18.1. The molecule has 8 heteroatoms. The number of nitrogens with zero attached hydrogens (tertiary/aromatic N) is 2. The first-order chi connectivity index (χ1) is 15.4. The van der Waals surface area contributed by atoms with Crippen LogP contribution in [0.5, 0.6) is 5.75 Å². The van der Waals surface area contributed by atoms with Crippen LogP contribution in [0.2, 0.25) is 0 Å². The summed E-state index contributed by atoms with van der Waals surface area (Å²) in [6, 6.07) is 14.1. The number of fused-ring (bicyclic) bond motifs is 1. The summed E-state index contributed by atoms with van der Waals surface area (Å²) in [7, 11) is 3.57. The Bertz CT molecular complexity index is 1150. The van der Waals surface area contributed by atoms with Crippen molar-refractivity contribution in [2.24, 2.45) is 7.05 Å². The SMILES string of the molecule is COc1ccc(CCN2C(=O)NC(CCC(=O)Nc3ccc4c(ccn4C)c3)C2=O)cc1. The lowest BCUT2D eigenvalue weighted by molar-refractivity contribution is -0.127. The molecule has 0 radical (unpaired) electrons. The van der Waals surface area contributed by atoms with Crippen molar-refractivity contribution >= 4 is 34.4 Å². The second-order valence-electron chi connectivity index (χ2n) is 7.88. The third kappa shape index (κ3) is 4.59. The fraction of sp³-hybridized carbons (Fsp3) is 0.292. The van der Waals surface area contributed by atoms with Crippen LogP contribution < -0.4 is 15.4 Å². The number of carbonyl (C=O) groups excluding carboxylic acids is 3. The number of amides is 4. The average molecular weight is 434 g/mol. The minimum absolute atomic E-state index is 0.135. The summed E-state index contributed by atoms with van der Waals surface area (Å²) < 4.78 is 7.15. The Balaban J connectivity index is 1.27. The van der Waals surface area contributed by atoms with E-state index in [1.165, 1.54) is 4.90 Å².